The number of furan rings is 1. The zero-order valence-corrected chi connectivity index (χ0v) is 22.7. The fourth-order valence-corrected chi connectivity index (χ4v) is 5.23. The minimum atomic E-state index is -0.153. The first-order valence-electron chi connectivity index (χ1n) is 11.6. The zero-order chi connectivity index (χ0) is 24.5. The predicted octanol–water partition coefficient (Wildman–Crippen LogP) is 6.76. The van der Waals surface area contributed by atoms with E-state index in [1.165, 1.54) is 0 Å². The lowest BCUT2D eigenvalue weighted by atomic mass is 9.98. The number of nitrogens with one attached hydrogen (secondary N) is 2. The van der Waals surface area contributed by atoms with Gasteiger partial charge in [0, 0.05) is 38.8 Å². The lowest BCUT2D eigenvalue weighted by molar-refractivity contribution is 0.0938. The standard InChI is InChI=1S/C26H25Cl3N4O2.ClH/c1-15-8-23(26(34)31-13-16-4-6-30-7-5-16)32-33(15)14-18-10-20(28)9-17-11-24(35-25(17)18)21-3-2-19(27)12-22(21)29;/h2-3,8-12,16,30H,4-7,13-14H2,1H3,(H,31,34);1H. The van der Waals surface area contributed by atoms with E-state index in [1.54, 1.807) is 22.9 Å². The largest absolute Gasteiger partial charge is 0.456 e. The highest BCUT2D eigenvalue weighted by Gasteiger charge is 2.19. The third kappa shape index (κ3) is 5.84. The molecule has 5 rings (SSSR count). The first-order chi connectivity index (χ1) is 16.9. The smallest absolute Gasteiger partial charge is 0.271 e. The van der Waals surface area contributed by atoms with E-state index in [-0.39, 0.29) is 18.3 Å². The Morgan fingerprint density at radius 1 is 1.11 bits per heavy atom. The van der Waals surface area contributed by atoms with E-state index >= 15 is 0 Å². The Morgan fingerprint density at radius 3 is 2.64 bits per heavy atom. The van der Waals surface area contributed by atoms with Gasteiger partial charge in [-0.25, -0.2) is 0 Å². The van der Waals surface area contributed by atoms with Crippen LogP contribution in [0.1, 0.15) is 34.6 Å². The molecule has 2 aromatic heterocycles. The van der Waals surface area contributed by atoms with Gasteiger partial charge < -0.3 is 15.1 Å². The summed E-state index contributed by atoms with van der Waals surface area (Å²) >= 11 is 18.9. The Hall–Kier alpha value is -2.22. The molecule has 0 radical (unpaired) electrons. The van der Waals surface area contributed by atoms with Gasteiger partial charge in [0.05, 0.1) is 11.6 Å². The van der Waals surface area contributed by atoms with Crippen molar-refractivity contribution in [1.29, 1.82) is 0 Å². The molecule has 0 bridgehead atoms. The van der Waals surface area contributed by atoms with Crippen LogP contribution >= 0.6 is 47.2 Å². The average Bonchev–Trinajstić information content (AvgIpc) is 3.41. The van der Waals surface area contributed by atoms with Crippen LogP contribution in [0.5, 0.6) is 0 Å². The van der Waals surface area contributed by atoms with Crippen LogP contribution in [-0.4, -0.2) is 35.3 Å². The van der Waals surface area contributed by atoms with Crippen molar-refractivity contribution in [3.63, 3.8) is 0 Å². The van der Waals surface area contributed by atoms with E-state index in [2.05, 4.69) is 15.7 Å². The van der Waals surface area contributed by atoms with Gasteiger partial charge in [-0.05, 0) is 81.2 Å². The Balaban J connectivity index is 0.00000304. The number of aryl methyl sites for hydroxylation is 1. The fraction of sp³-hybridized carbons (Fsp3) is 0.308. The summed E-state index contributed by atoms with van der Waals surface area (Å²) < 4.78 is 8.01. The second kappa shape index (κ2) is 11.4. The molecule has 0 unspecified atom stereocenters. The summed E-state index contributed by atoms with van der Waals surface area (Å²) in [7, 11) is 0. The molecule has 1 aliphatic heterocycles. The van der Waals surface area contributed by atoms with Crippen molar-refractivity contribution in [1.82, 2.24) is 20.4 Å². The van der Waals surface area contributed by atoms with E-state index in [0.717, 1.165) is 48.1 Å². The number of nitrogens with zero attached hydrogens (tertiary/aromatic N) is 2. The molecular weight excluding hydrogens is 542 g/mol. The molecule has 4 aromatic rings. The van der Waals surface area contributed by atoms with Crippen LogP contribution in [0.4, 0.5) is 0 Å². The number of halogens is 4. The molecule has 36 heavy (non-hydrogen) atoms. The quantitative estimate of drug-likeness (QED) is 0.270. The summed E-state index contributed by atoms with van der Waals surface area (Å²) in [5.74, 6) is 0.977. The van der Waals surface area contributed by atoms with E-state index < -0.39 is 0 Å². The van der Waals surface area contributed by atoms with E-state index in [0.29, 0.717) is 51.1 Å². The normalized spacial score (nSPS) is 14.1. The van der Waals surface area contributed by atoms with Gasteiger partial charge in [-0.3, -0.25) is 9.48 Å². The highest BCUT2D eigenvalue weighted by Crippen LogP contribution is 2.36. The van der Waals surface area contributed by atoms with Crippen LogP contribution in [-0.2, 0) is 6.54 Å². The highest BCUT2D eigenvalue weighted by atomic mass is 35.5. The molecule has 1 aliphatic rings. The maximum atomic E-state index is 12.7. The number of hydrogen-bond acceptors (Lipinski definition) is 4. The fourth-order valence-electron chi connectivity index (χ4n) is 4.48. The molecule has 0 aliphatic carbocycles. The second-order valence-corrected chi connectivity index (χ2v) is 10.2. The third-order valence-corrected chi connectivity index (χ3v) is 7.16. The van der Waals surface area contributed by atoms with E-state index in [1.807, 2.05) is 31.2 Å². The van der Waals surface area contributed by atoms with Crippen LogP contribution in [0.25, 0.3) is 22.3 Å². The first kappa shape index (κ1) is 26.8. The number of fused-ring (bicyclic) bond motifs is 1. The molecule has 0 saturated carbocycles. The van der Waals surface area contributed by atoms with Gasteiger partial charge in [-0.2, -0.15) is 5.10 Å². The van der Waals surface area contributed by atoms with Crippen molar-refractivity contribution in [3.8, 4) is 11.3 Å². The molecule has 0 spiro atoms. The number of benzene rings is 2. The Labute approximate surface area is 230 Å². The van der Waals surface area contributed by atoms with Crippen molar-refractivity contribution in [3.05, 3.63) is 74.5 Å². The third-order valence-electron chi connectivity index (χ3n) is 6.40. The number of aromatic nitrogens is 2. The molecule has 2 N–H and O–H groups in total. The monoisotopic (exact) mass is 566 g/mol. The predicted molar refractivity (Wildman–Crippen MR) is 148 cm³/mol. The summed E-state index contributed by atoms with van der Waals surface area (Å²) in [4.78, 5) is 12.7. The van der Waals surface area contributed by atoms with Crippen LogP contribution in [0.2, 0.25) is 15.1 Å². The van der Waals surface area contributed by atoms with Crippen LogP contribution in [0.15, 0.2) is 46.9 Å². The molecule has 190 valence electrons. The van der Waals surface area contributed by atoms with Gasteiger partial charge in [-0.15, -0.1) is 12.4 Å². The Kier molecular flexibility index (Phi) is 8.53. The van der Waals surface area contributed by atoms with Crippen molar-refractivity contribution >= 4 is 64.1 Å². The molecule has 3 heterocycles. The minimum Gasteiger partial charge on any atom is -0.456 e. The van der Waals surface area contributed by atoms with E-state index in [4.69, 9.17) is 39.2 Å². The van der Waals surface area contributed by atoms with Gasteiger partial charge in [0.1, 0.15) is 17.0 Å². The summed E-state index contributed by atoms with van der Waals surface area (Å²) in [6.07, 6.45) is 2.15. The number of piperidine rings is 1. The maximum Gasteiger partial charge on any atom is 0.271 e. The van der Waals surface area contributed by atoms with Crippen molar-refractivity contribution in [2.45, 2.75) is 26.3 Å². The Morgan fingerprint density at radius 2 is 1.89 bits per heavy atom. The van der Waals surface area contributed by atoms with Crippen LogP contribution < -0.4 is 10.6 Å². The molecule has 2 aromatic carbocycles. The number of carbonyl (C=O) groups excluding carboxylic acids is 1. The number of rotatable bonds is 6. The molecule has 1 fully saturated rings. The van der Waals surface area contributed by atoms with Gasteiger partial charge in [-0.1, -0.05) is 34.8 Å². The molecular formula is C26H26Cl4N4O2. The molecule has 6 nitrogen and oxygen atoms in total. The van der Waals surface area contributed by atoms with E-state index in [9.17, 15) is 4.79 Å². The maximum absolute atomic E-state index is 12.7. The topological polar surface area (TPSA) is 72.1 Å². The lowest BCUT2D eigenvalue weighted by Gasteiger charge is -2.22. The molecule has 10 heteroatoms. The molecule has 1 saturated heterocycles. The Bertz CT molecular complexity index is 1390. The van der Waals surface area contributed by atoms with Crippen LogP contribution in [0, 0.1) is 12.8 Å². The minimum absolute atomic E-state index is 0. The number of amides is 1. The SMILES string of the molecule is Cc1cc(C(=O)NCC2CCNCC2)nn1Cc1cc(Cl)cc2cc(-c3ccc(Cl)cc3Cl)oc12.Cl. The summed E-state index contributed by atoms with van der Waals surface area (Å²) in [6.45, 7) is 5.01. The second-order valence-electron chi connectivity index (χ2n) is 8.95. The molecule has 0 atom stereocenters. The summed E-state index contributed by atoms with van der Waals surface area (Å²) in [6, 6.07) is 12.7. The average molecular weight is 568 g/mol. The van der Waals surface area contributed by atoms with Gasteiger partial charge in [0.2, 0.25) is 0 Å². The summed E-state index contributed by atoms with van der Waals surface area (Å²) in [5.41, 5.74) is 3.58. The zero-order valence-electron chi connectivity index (χ0n) is 19.6. The summed E-state index contributed by atoms with van der Waals surface area (Å²) in [5, 5.41) is 13.5. The van der Waals surface area contributed by atoms with Gasteiger partial charge in [0.25, 0.3) is 5.91 Å². The van der Waals surface area contributed by atoms with Crippen LogP contribution in [0.3, 0.4) is 0 Å². The van der Waals surface area contributed by atoms with Gasteiger partial charge in [0.15, 0.2) is 0 Å². The highest BCUT2D eigenvalue weighted by molar-refractivity contribution is 6.36. The van der Waals surface area contributed by atoms with Gasteiger partial charge >= 0.3 is 0 Å². The van der Waals surface area contributed by atoms with Crippen molar-refractivity contribution in [2.75, 3.05) is 19.6 Å². The number of carbonyl (C=O) groups is 1. The van der Waals surface area contributed by atoms with Crippen molar-refractivity contribution in [2.24, 2.45) is 5.92 Å². The lowest BCUT2D eigenvalue weighted by Crippen LogP contribution is -2.36. The first-order valence-corrected chi connectivity index (χ1v) is 12.7. The molecule has 1 amide bonds. The van der Waals surface area contributed by atoms with Crippen molar-refractivity contribution < 1.29 is 9.21 Å². The number of hydrogen-bond donors (Lipinski definition) is 2.